The number of rotatable bonds is 4. The van der Waals surface area contributed by atoms with Crippen LogP contribution in [-0.2, 0) is 13.2 Å². The van der Waals surface area contributed by atoms with Crippen molar-refractivity contribution in [2.45, 2.75) is 13.1 Å². The number of fused-ring (bicyclic) bond motifs is 1. The minimum Gasteiger partial charge on any atom is -0.464 e. The first kappa shape index (κ1) is 20.6. The highest BCUT2D eigenvalue weighted by molar-refractivity contribution is 7.21. The van der Waals surface area contributed by atoms with E-state index >= 15 is 0 Å². The van der Waals surface area contributed by atoms with Crippen LogP contribution in [0.1, 0.15) is 31.4 Å². The molecule has 160 valence electrons. The number of aromatic nitrogens is 3. The number of anilines is 1. The average molecular weight is 449 g/mol. The Morgan fingerprint density at radius 2 is 2.06 bits per heavy atom. The summed E-state index contributed by atoms with van der Waals surface area (Å²) in [5, 5.41) is 6.72. The van der Waals surface area contributed by atoms with Crippen LogP contribution in [0.3, 0.4) is 0 Å². The molecule has 12 heteroatoms. The minimum atomic E-state index is -4.73. The van der Waals surface area contributed by atoms with Crippen molar-refractivity contribution in [3.05, 3.63) is 52.5 Å². The fourth-order valence-corrected chi connectivity index (χ4v) is 4.07. The number of nitrogens with one attached hydrogen (secondary N) is 1. The lowest BCUT2D eigenvalue weighted by molar-refractivity contribution is -0.140. The molecule has 3 N–H and O–H groups in total. The number of carbonyl (C=O) groups is 2. The lowest BCUT2D eigenvalue weighted by Crippen LogP contribution is -2.17. The van der Waals surface area contributed by atoms with Crippen molar-refractivity contribution >= 4 is 39.1 Å². The molecule has 0 radical (unpaired) electrons. The topological polar surface area (TPSA) is 116 Å². The van der Waals surface area contributed by atoms with Crippen LogP contribution in [0.15, 0.2) is 35.1 Å². The lowest BCUT2D eigenvalue weighted by atomic mass is 10.1. The quantitative estimate of drug-likeness (QED) is 0.489. The molecule has 8 nitrogen and oxygen atoms in total. The van der Waals surface area contributed by atoms with E-state index in [1.165, 1.54) is 29.3 Å². The lowest BCUT2D eigenvalue weighted by Gasteiger charge is -2.11. The molecule has 0 bridgehead atoms. The molecule has 0 aliphatic rings. The molecule has 4 aromatic heterocycles. The second kappa shape index (κ2) is 7.23. The van der Waals surface area contributed by atoms with Crippen LogP contribution < -0.4 is 11.1 Å². The number of aryl methyl sites for hydroxylation is 1. The summed E-state index contributed by atoms with van der Waals surface area (Å²) in [5.41, 5.74) is 5.06. The van der Waals surface area contributed by atoms with Crippen molar-refractivity contribution in [3.8, 4) is 11.3 Å². The van der Waals surface area contributed by atoms with E-state index in [-0.39, 0.29) is 37.7 Å². The van der Waals surface area contributed by atoms with Crippen molar-refractivity contribution in [2.75, 3.05) is 5.32 Å². The van der Waals surface area contributed by atoms with E-state index in [9.17, 15) is 22.8 Å². The van der Waals surface area contributed by atoms with Crippen LogP contribution >= 0.6 is 11.3 Å². The van der Waals surface area contributed by atoms with Crippen LogP contribution in [0, 0.1) is 6.92 Å². The van der Waals surface area contributed by atoms with Crippen molar-refractivity contribution in [2.24, 2.45) is 12.8 Å². The summed E-state index contributed by atoms with van der Waals surface area (Å²) < 4.78 is 47.1. The van der Waals surface area contributed by atoms with Gasteiger partial charge >= 0.3 is 6.18 Å². The van der Waals surface area contributed by atoms with Gasteiger partial charge in [0, 0.05) is 23.7 Å². The number of carbonyl (C=O) groups excluding carboxylic acids is 2. The van der Waals surface area contributed by atoms with Crippen LogP contribution in [-0.4, -0.2) is 26.6 Å². The summed E-state index contributed by atoms with van der Waals surface area (Å²) in [6.45, 7) is 1.67. The molecule has 0 spiro atoms. The van der Waals surface area contributed by atoms with Crippen LogP contribution in [0.25, 0.3) is 21.5 Å². The summed E-state index contributed by atoms with van der Waals surface area (Å²) >= 11 is 0.657. The second-order valence-corrected chi connectivity index (χ2v) is 7.60. The highest BCUT2D eigenvalue weighted by Crippen LogP contribution is 2.43. The van der Waals surface area contributed by atoms with E-state index in [4.69, 9.17) is 10.2 Å². The number of hydrogen-bond acceptors (Lipinski definition) is 6. The summed E-state index contributed by atoms with van der Waals surface area (Å²) in [6, 6.07) is 3.78. The molecular weight excluding hydrogens is 435 g/mol. The first-order chi connectivity index (χ1) is 14.6. The molecule has 4 rings (SSSR count). The van der Waals surface area contributed by atoms with E-state index < -0.39 is 23.7 Å². The monoisotopic (exact) mass is 449 g/mol. The first-order valence-corrected chi connectivity index (χ1v) is 9.58. The largest absolute Gasteiger partial charge is 0.464 e. The van der Waals surface area contributed by atoms with E-state index in [1.54, 1.807) is 14.0 Å². The summed E-state index contributed by atoms with van der Waals surface area (Å²) in [6.07, 6.45) is -2.09. The van der Waals surface area contributed by atoms with Gasteiger partial charge in [0.2, 0.25) is 0 Å². The Bertz CT molecular complexity index is 1320. The molecule has 0 atom stereocenters. The summed E-state index contributed by atoms with van der Waals surface area (Å²) in [7, 11) is 1.65. The molecule has 0 saturated heterocycles. The highest BCUT2D eigenvalue weighted by Gasteiger charge is 2.35. The Morgan fingerprint density at radius 3 is 2.61 bits per heavy atom. The zero-order valence-electron chi connectivity index (χ0n) is 16.1. The predicted molar refractivity (Wildman–Crippen MR) is 107 cm³/mol. The van der Waals surface area contributed by atoms with Gasteiger partial charge in [-0.2, -0.15) is 18.3 Å². The van der Waals surface area contributed by atoms with Crippen molar-refractivity contribution in [1.82, 2.24) is 14.8 Å². The van der Waals surface area contributed by atoms with E-state index in [0.717, 1.165) is 6.07 Å². The molecule has 0 aliphatic carbocycles. The number of pyridine rings is 1. The second-order valence-electron chi connectivity index (χ2n) is 6.60. The summed E-state index contributed by atoms with van der Waals surface area (Å²) in [4.78, 5) is 28.3. The summed E-state index contributed by atoms with van der Waals surface area (Å²) in [5.74, 6) is -1.40. The van der Waals surface area contributed by atoms with Gasteiger partial charge in [0.15, 0.2) is 0 Å². The van der Waals surface area contributed by atoms with Gasteiger partial charge in [-0.3, -0.25) is 14.3 Å². The van der Waals surface area contributed by atoms with Gasteiger partial charge in [-0.1, -0.05) is 0 Å². The van der Waals surface area contributed by atoms with Gasteiger partial charge in [-0.15, -0.1) is 11.3 Å². The molecule has 4 aromatic rings. The molecule has 2 amide bonds. The van der Waals surface area contributed by atoms with Gasteiger partial charge in [-0.05, 0) is 25.1 Å². The Balaban J connectivity index is 1.97. The zero-order chi connectivity index (χ0) is 22.5. The zero-order valence-corrected chi connectivity index (χ0v) is 16.9. The van der Waals surface area contributed by atoms with Gasteiger partial charge < -0.3 is 15.5 Å². The maximum Gasteiger partial charge on any atom is 0.433 e. The van der Waals surface area contributed by atoms with Crippen LogP contribution in [0.5, 0.6) is 0 Å². The SMILES string of the molecule is Cc1c(C(=O)Nc2c(C(N)=O)sc3nc(C(F)(F)F)cc(-c4ccco4)c23)cnn1C. The Morgan fingerprint density at radius 1 is 1.32 bits per heavy atom. The third kappa shape index (κ3) is 3.54. The Kier molecular flexibility index (Phi) is 4.81. The van der Waals surface area contributed by atoms with Crippen molar-refractivity contribution in [1.29, 1.82) is 0 Å². The Labute approximate surface area is 176 Å². The smallest absolute Gasteiger partial charge is 0.433 e. The fraction of sp³-hybridized carbons (Fsp3) is 0.158. The average Bonchev–Trinajstić information content (AvgIpc) is 3.41. The maximum atomic E-state index is 13.4. The number of hydrogen-bond donors (Lipinski definition) is 2. The van der Waals surface area contributed by atoms with Gasteiger partial charge in [-0.25, -0.2) is 4.98 Å². The Hall–Kier alpha value is -3.67. The number of primary amides is 1. The molecule has 0 aliphatic heterocycles. The number of nitrogens with two attached hydrogens (primary N) is 1. The number of halogens is 3. The van der Waals surface area contributed by atoms with E-state index in [2.05, 4.69) is 15.4 Å². The maximum absolute atomic E-state index is 13.4. The predicted octanol–water partition coefficient (Wildman–Crippen LogP) is 3.97. The molecule has 4 heterocycles. The molecule has 0 saturated carbocycles. The normalized spacial score (nSPS) is 11.8. The number of nitrogens with zero attached hydrogens (tertiary/aromatic N) is 3. The van der Waals surface area contributed by atoms with Gasteiger partial charge in [0.05, 0.1) is 23.7 Å². The standard InChI is InChI=1S/C19H14F3N5O3S/c1-8-10(7-24-27(8)2)17(29)26-14-13-9(11-4-3-5-30-11)6-12(19(20,21)22)25-18(13)31-15(14)16(23)28/h3-7H,1-2H3,(H2,23,28)(H,26,29). The van der Waals surface area contributed by atoms with Gasteiger partial charge in [0.25, 0.3) is 11.8 Å². The van der Waals surface area contributed by atoms with Crippen molar-refractivity contribution < 1.29 is 27.2 Å². The molecule has 0 unspecified atom stereocenters. The van der Waals surface area contributed by atoms with E-state index in [0.29, 0.717) is 17.0 Å². The molecular formula is C19H14F3N5O3S. The molecule has 0 aromatic carbocycles. The van der Waals surface area contributed by atoms with E-state index in [1.807, 2.05) is 0 Å². The number of alkyl halides is 3. The minimum absolute atomic E-state index is 0.0179. The van der Waals surface area contributed by atoms with Crippen LogP contribution in [0.4, 0.5) is 18.9 Å². The molecule has 0 fully saturated rings. The molecule has 31 heavy (non-hydrogen) atoms. The highest BCUT2D eigenvalue weighted by atomic mass is 32.1. The fourth-order valence-electron chi connectivity index (χ4n) is 3.06. The van der Waals surface area contributed by atoms with Crippen molar-refractivity contribution in [3.63, 3.8) is 0 Å². The number of amides is 2. The first-order valence-electron chi connectivity index (χ1n) is 8.76. The number of thiophene rings is 1. The number of furan rings is 1. The van der Waals surface area contributed by atoms with Gasteiger partial charge in [0.1, 0.15) is 21.2 Å². The van der Waals surface area contributed by atoms with Crippen LogP contribution in [0.2, 0.25) is 0 Å². The third-order valence-electron chi connectivity index (χ3n) is 4.68. The third-order valence-corrected chi connectivity index (χ3v) is 5.78.